The Morgan fingerprint density at radius 1 is 1.00 bits per heavy atom. The molecule has 0 saturated carbocycles. The average Bonchev–Trinajstić information content (AvgIpc) is 2.94. The van der Waals surface area contributed by atoms with Gasteiger partial charge >= 0.3 is 6.03 Å². The van der Waals surface area contributed by atoms with Gasteiger partial charge in [0.15, 0.2) is 0 Å². The largest absolute Gasteiger partial charge is 0.497 e. The number of benzene rings is 2. The molecule has 1 saturated heterocycles. The molecule has 3 rings (SSSR count). The van der Waals surface area contributed by atoms with E-state index in [9.17, 15) is 14.0 Å². The van der Waals surface area contributed by atoms with Gasteiger partial charge in [-0.3, -0.25) is 15.0 Å². The maximum atomic E-state index is 13.1. The number of hydrogen-bond donors (Lipinski definition) is 2. The number of carbonyl (C=O) groups is 2. The first kappa shape index (κ1) is 20.6. The summed E-state index contributed by atoms with van der Waals surface area (Å²) in [5.41, 5.74) is 1.54. The third kappa shape index (κ3) is 6.18. The molecule has 0 unspecified atom stereocenters. The first-order chi connectivity index (χ1) is 14.0. The quantitative estimate of drug-likeness (QED) is 0.807. The molecule has 7 nitrogen and oxygen atoms in total. The zero-order chi connectivity index (χ0) is 20.6. The monoisotopic (exact) mass is 400 g/mol. The van der Waals surface area contributed by atoms with E-state index < -0.39 is 6.03 Å². The van der Waals surface area contributed by atoms with Crippen molar-refractivity contribution in [3.05, 3.63) is 54.3 Å². The topological polar surface area (TPSA) is 73.9 Å². The molecule has 1 aliphatic heterocycles. The Morgan fingerprint density at radius 3 is 2.41 bits per heavy atom. The lowest BCUT2D eigenvalue weighted by Gasteiger charge is -2.23. The molecule has 1 fully saturated rings. The molecular formula is C21H25FN4O3. The number of anilines is 2. The number of amides is 3. The van der Waals surface area contributed by atoms with Gasteiger partial charge in [0.2, 0.25) is 5.91 Å². The number of nitrogens with zero attached hydrogens (tertiary/aromatic N) is 2. The van der Waals surface area contributed by atoms with Gasteiger partial charge in [-0.2, -0.15) is 0 Å². The highest BCUT2D eigenvalue weighted by Gasteiger charge is 2.18. The first-order valence-electron chi connectivity index (χ1n) is 9.51. The van der Waals surface area contributed by atoms with Gasteiger partial charge in [-0.1, -0.05) is 0 Å². The summed E-state index contributed by atoms with van der Waals surface area (Å²) in [6.07, 6.45) is 0.878. The zero-order valence-electron chi connectivity index (χ0n) is 16.4. The molecule has 2 N–H and O–H groups in total. The minimum atomic E-state index is -0.567. The van der Waals surface area contributed by atoms with Crippen LogP contribution in [0.2, 0.25) is 0 Å². The van der Waals surface area contributed by atoms with E-state index in [0.717, 1.165) is 31.7 Å². The van der Waals surface area contributed by atoms with Crippen LogP contribution in [0.1, 0.15) is 6.42 Å². The van der Waals surface area contributed by atoms with Crippen LogP contribution in [0.4, 0.5) is 20.6 Å². The Kier molecular flexibility index (Phi) is 7.02. The number of halogens is 1. The van der Waals surface area contributed by atoms with Crippen molar-refractivity contribution in [3.63, 3.8) is 0 Å². The standard InChI is InChI=1S/C21H25FN4O3/c1-29-19-9-5-17(6-10-19)23-21(28)24-20(27)15-25-11-2-12-26(14-13-25)18-7-3-16(22)4-8-18/h3-10H,2,11-15H2,1H3,(H2,23,24,27,28). The fourth-order valence-corrected chi connectivity index (χ4v) is 3.25. The molecule has 1 heterocycles. The van der Waals surface area contributed by atoms with E-state index >= 15 is 0 Å². The highest BCUT2D eigenvalue weighted by Crippen LogP contribution is 2.17. The number of carbonyl (C=O) groups excluding carboxylic acids is 2. The molecule has 3 amide bonds. The normalized spacial score (nSPS) is 14.8. The van der Waals surface area contributed by atoms with E-state index in [1.807, 2.05) is 4.90 Å². The van der Waals surface area contributed by atoms with Crippen LogP contribution >= 0.6 is 0 Å². The Morgan fingerprint density at radius 2 is 1.72 bits per heavy atom. The molecule has 2 aromatic rings. The number of nitrogens with one attached hydrogen (secondary N) is 2. The summed E-state index contributed by atoms with van der Waals surface area (Å²) in [6.45, 7) is 3.15. The molecule has 0 atom stereocenters. The molecule has 0 aliphatic carbocycles. The van der Waals surface area contributed by atoms with Crippen molar-refractivity contribution in [2.75, 3.05) is 50.1 Å². The van der Waals surface area contributed by atoms with Crippen molar-refractivity contribution in [2.45, 2.75) is 6.42 Å². The Labute approximate surface area is 169 Å². The van der Waals surface area contributed by atoms with E-state index in [-0.39, 0.29) is 18.3 Å². The Bertz CT molecular complexity index is 827. The van der Waals surface area contributed by atoms with E-state index in [0.29, 0.717) is 18.0 Å². The van der Waals surface area contributed by atoms with Crippen LogP contribution in [-0.4, -0.2) is 56.7 Å². The minimum Gasteiger partial charge on any atom is -0.497 e. The van der Waals surface area contributed by atoms with E-state index in [2.05, 4.69) is 15.5 Å². The summed E-state index contributed by atoms with van der Waals surface area (Å²) in [6, 6.07) is 12.7. The molecule has 1 aliphatic rings. The van der Waals surface area contributed by atoms with Crippen molar-refractivity contribution >= 4 is 23.3 Å². The highest BCUT2D eigenvalue weighted by molar-refractivity contribution is 6.01. The van der Waals surface area contributed by atoms with Crippen LogP contribution in [0.15, 0.2) is 48.5 Å². The number of imide groups is 1. The lowest BCUT2D eigenvalue weighted by atomic mass is 10.2. The Hall–Kier alpha value is -3.13. The van der Waals surface area contributed by atoms with Crippen LogP contribution in [-0.2, 0) is 4.79 Å². The fourth-order valence-electron chi connectivity index (χ4n) is 3.25. The lowest BCUT2D eigenvalue weighted by Crippen LogP contribution is -2.43. The number of ether oxygens (including phenoxy) is 1. The van der Waals surface area contributed by atoms with Crippen molar-refractivity contribution in [1.29, 1.82) is 0 Å². The zero-order valence-corrected chi connectivity index (χ0v) is 16.4. The van der Waals surface area contributed by atoms with Crippen LogP contribution in [0.3, 0.4) is 0 Å². The first-order valence-corrected chi connectivity index (χ1v) is 9.51. The van der Waals surface area contributed by atoms with Crippen LogP contribution in [0, 0.1) is 5.82 Å². The maximum Gasteiger partial charge on any atom is 0.325 e. The second-order valence-corrected chi connectivity index (χ2v) is 6.82. The minimum absolute atomic E-state index is 0.146. The van der Waals surface area contributed by atoms with Gasteiger partial charge < -0.3 is 15.0 Å². The number of urea groups is 1. The van der Waals surface area contributed by atoms with Crippen molar-refractivity contribution < 1.29 is 18.7 Å². The second-order valence-electron chi connectivity index (χ2n) is 6.82. The molecule has 0 radical (unpaired) electrons. The van der Waals surface area contributed by atoms with Crippen LogP contribution in [0.25, 0.3) is 0 Å². The predicted molar refractivity (Wildman–Crippen MR) is 110 cm³/mol. The summed E-state index contributed by atoms with van der Waals surface area (Å²) in [7, 11) is 1.57. The number of hydrogen-bond acceptors (Lipinski definition) is 5. The third-order valence-electron chi connectivity index (χ3n) is 4.75. The molecular weight excluding hydrogens is 375 g/mol. The summed E-state index contributed by atoms with van der Waals surface area (Å²) in [5.74, 6) is 0.0731. The van der Waals surface area contributed by atoms with Crippen molar-refractivity contribution in [2.24, 2.45) is 0 Å². The number of rotatable bonds is 5. The molecule has 0 bridgehead atoms. The van der Waals surface area contributed by atoms with Gasteiger partial charge in [0.05, 0.1) is 13.7 Å². The SMILES string of the molecule is COc1ccc(NC(=O)NC(=O)CN2CCCN(c3ccc(F)cc3)CC2)cc1. The molecule has 0 aromatic heterocycles. The van der Waals surface area contributed by atoms with E-state index in [1.165, 1.54) is 12.1 Å². The smallest absolute Gasteiger partial charge is 0.325 e. The molecule has 154 valence electrons. The van der Waals surface area contributed by atoms with Gasteiger partial charge in [-0.15, -0.1) is 0 Å². The van der Waals surface area contributed by atoms with Crippen molar-refractivity contribution in [1.82, 2.24) is 10.2 Å². The number of methoxy groups -OCH3 is 1. The van der Waals surface area contributed by atoms with Gasteiger partial charge in [-0.05, 0) is 55.0 Å². The van der Waals surface area contributed by atoms with Gasteiger partial charge in [-0.25, -0.2) is 9.18 Å². The molecule has 29 heavy (non-hydrogen) atoms. The fraction of sp³-hybridized carbons (Fsp3) is 0.333. The Balaban J connectivity index is 1.45. The summed E-state index contributed by atoms with van der Waals surface area (Å²) in [5, 5.41) is 4.98. The molecule has 2 aromatic carbocycles. The average molecular weight is 400 g/mol. The summed E-state index contributed by atoms with van der Waals surface area (Å²) >= 11 is 0. The van der Waals surface area contributed by atoms with Gasteiger partial charge in [0.25, 0.3) is 0 Å². The van der Waals surface area contributed by atoms with E-state index in [1.54, 1.807) is 43.5 Å². The van der Waals surface area contributed by atoms with Gasteiger partial charge in [0, 0.05) is 37.6 Å². The van der Waals surface area contributed by atoms with Crippen LogP contribution in [0.5, 0.6) is 5.75 Å². The second kappa shape index (κ2) is 9.88. The lowest BCUT2D eigenvalue weighted by molar-refractivity contribution is -0.121. The predicted octanol–water partition coefficient (Wildman–Crippen LogP) is 2.69. The van der Waals surface area contributed by atoms with E-state index in [4.69, 9.17) is 4.74 Å². The third-order valence-corrected chi connectivity index (χ3v) is 4.75. The summed E-state index contributed by atoms with van der Waals surface area (Å²) in [4.78, 5) is 28.4. The maximum absolute atomic E-state index is 13.1. The van der Waals surface area contributed by atoms with Crippen LogP contribution < -0.4 is 20.3 Å². The highest BCUT2D eigenvalue weighted by atomic mass is 19.1. The molecule has 0 spiro atoms. The summed E-state index contributed by atoms with van der Waals surface area (Å²) < 4.78 is 18.2. The van der Waals surface area contributed by atoms with Gasteiger partial charge in [0.1, 0.15) is 11.6 Å². The van der Waals surface area contributed by atoms with Crippen molar-refractivity contribution in [3.8, 4) is 5.75 Å². The molecule has 8 heteroatoms.